The highest BCUT2D eigenvalue weighted by Crippen LogP contribution is 2.14. The summed E-state index contributed by atoms with van der Waals surface area (Å²) in [7, 11) is 0. The van der Waals surface area contributed by atoms with Gasteiger partial charge in [-0.3, -0.25) is 14.4 Å². The number of carbonyl (C=O) groups is 3. The topological polar surface area (TPSA) is 78.9 Å². The summed E-state index contributed by atoms with van der Waals surface area (Å²) >= 11 is 0. The SMILES string of the molecule is CCC/C=C\CCCCCCCC(=O)OCC(COC(=O)CCCCCCCCCCC/C=C\C/C=C\CCCCC)OC(=O)CCCCCCC/C=C\CCCCC. The minimum Gasteiger partial charge on any atom is -0.462 e. The fraction of sp³-hybridized carbons (Fsp3) is 0.792. The van der Waals surface area contributed by atoms with Crippen LogP contribution in [0.3, 0.4) is 0 Å². The van der Waals surface area contributed by atoms with Crippen molar-refractivity contribution < 1.29 is 28.6 Å². The number of esters is 3. The van der Waals surface area contributed by atoms with Gasteiger partial charge in [-0.15, -0.1) is 0 Å². The molecule has 342 valence electrons. The van der Waals surface area contributed by atoms with E-state index in [0.29, 0.717) is 19.3 Å². The number of hydrogen-bond acceptors (Lipinski definition) is 6. The van der Waals surface area contributed by atoms with Crippen LogP contribution in [0, 0.1) is 0 Å². The molecule has 0 bridgehead atoms. The zero-order valence-corrected chi connectivity index (χ0v) is 39.0. The van der Waals surface area contributed by atoms with E-state index in [0.717, 1.165) is 89.9 Å². The Morgan fingerprint density at radius 2 is 0.644 bits per heavy atom. The summed E-state index contributed by atoms with van der Waals surface area (Å²) in [6.45, 7) is 6.51. The van der Waals surface area contributed by atoms with Gasteiger partial charge in [-0.2, -0.15) is 0 Å². The molecule has 1 unspecified atom stereocenters. The fourth-order valence-corrected chi connectivity index (χ4v) is 6.94. The van der Waals surface area contributed by atoms with E-state index in [1.54, 1.807) is 0 Å². The van der Waals surface area contributed by atoms with E-state index in [4.69, 9.17) is 14.2 Å². The summed E-state index contributed by atoms with van der Waals surface area (Å²) in [5.74, 6) is -0.902. The Labute approximate surface area is 365 Å². The molecule has 0 amide bonds. The molecule has 0 spiro atoms. The van der Waals surface area contributed by atoms with Gasteiger partial charge in [-0.25, -0.2) is 0 Å². The van der Waals surface area contributed by atoms with Crippen LogP contribution in [-0.4, -0.2) is 37.2 Å². The second-order valence-electron chi connectivity index (χ2n) is 16.7. The summed E-state index contributed by atoms with van der Waals surface area (Å²) in [5, 5.41) is 0. The number of carbonyl (C=O) groups excluding carboxylic acids is 3. The molecule has 1 atom stereocenters. The van der Waals surface area contributed by atoms with Gasteiger partial charge in [0.1, 0.15) is 13.2 Å². The molecule has 6 heteroatoms. The maximum atomic E-state index is 12.7. The van der Waals surface area contributed by atoms with Crippen molar-refractivity contribution in [3.05, 3.63) is 48.6 Å². The summed E-state index contributed by atoms with van der Waals surface area (Å²) in [6.07, 6.45) is 56.7. The van der Waals surface area contributed by atoms with Crippen LogP contribution in [0.5, 0.6) is 0 Å². The van der Waals surface area contributed by atoms with E-state index < -0.39 is 6.10 Å². The van der Waals surface area contributed by atoms with E-state index in [1.165, 1.54) is 122 Å². The van der Waals surface area contributed by atoms with Crippen LogP contribution in [0.1, 0.15) is 252 Å². The van der Waals surface area contributed by atoms with Crippen molar-refractivity contribution in [2.24, 2.45) is 0 Å². The Morgan fingerprint density at radius 1 is 0.339 bits per heavy atom. The van der Waals surface area contributed by atoms with E-state index in [1.807, 2.05) is 0 Å². The highest BCUT2D eigenvalue weighted by Gasteiger charge is 2.19. The van der Waals surface area contributed by atoms with Crippen LogP contribution in [0.25, 0.3) is 0 Å². The lowest BCUT2D eigenvalue weighted by Crippen LogP contribution is -2.30. The van der Waals surface area contributed by atoms with Crippen molar-refractivity contribution in [3.8, 4) is 0 Å². The van der Waals surface area contributed by atoms with Crippen molar-refractivity contribution in [2.75, 3.05) is 13.2 Å². The summed E-state index contributed by atoms with van der Waals surface area (Å²) in [5.41, 5.74) is 0. The largest absolute Gasteiger partial charge is 0.462 e. The van der Waals surface area contributed by atoms with Crippen molar-refractivity contribution in [2.45, 2.75) is 258 Å². The molecule has 0 aliphatic carbocycles. The van der Waals surface area contributed by atoms with Crippen molar-refractivity contribution in [1.82, 2.24) is 0 Å². The summed E-state index contributed by atoms with van der Waals surface area (Å²) < 4.78 is 16.7. The molecule has 0 saturated carbocycles. The van der Waals surface area contributed by atoms with Gasteiger partial charge in [0.15, 0.2) is 6.10 Å². The predicted molar refractivity (Wildman–Crippen MR) is 252 cm³/mol. The lowest BCUT2D eigenvalue weighted by atomic mass is 10.1. The van der Waals surface area contributed by atoms with Gasteiger partial charge in [0.25, 0.3) is 0 Å². The van der Waals surface area contributed by atoms with Gasteiger partial charge < -0.3 is 14.2 Å². The molecule has 0 rings (SSSR count). The zero-order chi connectivity index (χ0) is 43.0. The molecule has 0 aromatic carbocycles. The minimum absolute atomic E-state index is 0.0809. The molecule has 6 nitrogen and oxygen atoms in total. The number of rotatable bonds is 45. The smallest absolute Gasteiger partial charge is 0.306 e. The van der Waals surface area contributed by atoms with Crippen LogP contribution in [0.15, 0.2) is 48.6 Å². The second-order valence-corrected chi connectivity index (χ2v) is 16.7. The molecule has 0 N–H and O–H groups in total. The molecule has 0 aliphatic rings. The Kier molecular flexibility index (Phi) is 45.9. The van der Waals surface area contributed by atoms with E-state index >= 15 is 0 Å². The van der Waals surface area contributed by atoms with Gasteiger partial charge in [0.2, 0.25) is 0 Å². The molecule has 0 aromatic rings. The minimum atomic E-state index is -0.779. The van der Waals surface area contributed by atoms with Crippen molar-refractivity contribution in [1.29, 1.82) is 0 Å². The van der Waals surface area contributed by atoms with E-state index in [9.17, 15) is 14.4 Å². The molecule has 0 aromatic heterocycles. The average Bonchev–Trinajstić information content (AvgIpc) is 3.23. The Bertz CT molecular complexity index is 1040. The Morgan fingerprint density at radius 3 is 1.02 bits per heavy atom. The normalized spacial score (nSPS) is 12.4. The Hall–Kier alpha value is -2.63. The second kappa shape index (κ2) is 48.0. The first-order valence-electron chi connectivity index (χ1n) is 25.1. The third-order valence-electron chi connectivity index (χ3n) is 10.8. The number of ether oxygens (including phenoxy) is 3. The van der Waals surface area contributed by atoms with Gasteiger partial charge >= 0.3 is 17.9 Å². The predicted octanol–water partition coefficient (Wildman–Crippen LogP) is 16.3. The van der Waals surface area contributed by atoms with Crippen LogP contribution < -0.4 is 0 Å². The quantitative estimate of drug-likeness (QED) is 0.0263. The number of hydrogen-bond donors (Lipinski definition) is 0. The summed E-state index contributed by atoms with van der Waals surface area (Å²) in [4.78, 5) is 37.8. The van der Waals surface area contributed by atoms with E-state index in [2.05, 4.69) is 69.4 Å². The highest BCUT2D eigenvalue weighted by atomic mass is 16.6. The Balaban J connectivity index is 4.31. The number of unbranched alkanes of at least 4 members (excludes halogenated alkanes) is 26. The molecule has 0 heterocycles. The van der Waals surface area contributed by atoms with Gasteiger partial charge in [0.05, 0.1) is 0 Å². The maximum Gasteiger partial charge on any atom is 0.306 e. The molecular weight excluding hydrogens is 733 g/mol. The van der Waals surface area contributed by atoms with E-state index in [-0.39, 0.29) is 31.1 Å². The monoisotopic (exact) mass is 827 g/mol. The lowest BCUT2D eigenvalue weighted by Gasteiger charge is -2.18. The molecular formula is C53H94O6. The van der Waals surface area contributed by atoms with Gasteiger partial charge in [-0.1, -0.05) is 185 Å². The molecule has 0 aliphatic heterocycles. The maximum absolute atomic E-state index is 12.7. The molecule has 0 fully saturated rings. The fourth-order valence-electron chi connectivity index (χ4n) is 6.94. The van der Waals surface area contributed by atoms with Gasteiger partial charge in [0, 0.05) is 19.3 Å². The summed E-state index contributed by atoms with van der Waals surface area (Å²) in [6, 6.07) is 0. The number of allylic oxidation sites excluding steroid dienone is 8. The zero-order valence-electron chi connectivity index (χ0n) is 39.0. The molecule has 59 heavy (non-hydrogen) atoms. The van der Waals surface area contributed by atoms with Gasteiger partial charge in [-0.05, 0) is 96.3 Å². The standard InChI is InChI=1S/C53H94O6/c1-4-7-10-13-16-19-22-24-25-26-27-28-29-30-32-34-37-40-43-46-52(55)58-49-50(48-57-51(54)45-42-39-36-33-21-18-15-12-9-6-3)59-53(56)47-44-41-38-35-31-23-20-17-14-11-8-5-2/h12,15-17,19-20,24-25,50H,4-11,13-14,18,21-23,26-49H2,1-3H3/b15-12-,19-16-,20-17-,25-24-. The molecule has 0 radical (unpaired) electrons. The van der Waals surface area contributed by atoms with Crippen LogP contribution in [0.4, 0.5) is 0 Å². The van der Waals surface area contributed by atoms with Crippen LogP contribution in [-0.2, 0) is 28.6 Å². The van der Waals surface area contributed by atoms with Crippen molar-refractivity contribution in [3.63, 3.8) is 0 Å². The third kappa shape index (κ3) is 46.3. The first-order valence-corrected chi connectivity index (χ1v) is 25.1. The third-order valence-corrected chi connectivity index (χ3v) is 10.8. The first-order chi connectivity index (χ1) is 29.0. The average molecular weight is 827 g/mol. The first kappa shape index (κ1) is 56.4. The lowest BCUT2D eigenvalue weighted by molar-refractivity contribution is -0.167. The van der Waals surface area contributed by atoms with Crippen LogP contribution in [0.2, 0.25) is 0 Å². The van der Waals surface area contributed by atoms with Crippen LogP contribution >= 0.6 is 0 Å². The highest BCUT2D eigenvalue weighted by molar-refractivity contribution is 5.71. The molecule has 0 saturated heterocycles. The van der Waals surface area contributed by atoms with Crippen molar-refractivity contribution >= 4 is 17.9 Å².